The first-order chi connectivity index (χ1) is 8.22. The van der Waals surface area contributed by atoms with Gasteiger partial charge in [-0.1, -0.05) is 0 Å². The van der Waals surface area contributed by atoms with Crippen LogP contribution in [0.25, 0.3) is 0 Å². The number of likely N-dealkylation sites (tertiary alicyclic amines) is 1. The summed E-state index contributed by atoms with van der Waals surface area (Å²) in [4.78, 5) is 14.2. The quantitative estimate of drug-likeness (QED) is 0.859. The van der Waals surface area contributed by atoms with Crippen molar-refractivity contribution in [2.75, 3.05) is 26.2 Å². The van der Waals surface area contributed by atoms with Crippen LogP contribution in [0.1, 0.15) is 17.0 Å². The zero-order valence-corrected chi connectivity index (χ0v) is 11.1. The van der Waals surface area contributed by atoms with Gasteiger partial charge in [0.05, 0.1) is 0 Å². The van der Waals surface area contributed by atoms with Crippen LogP contribution in [0.15, 0.2) is 21.2 Å². The van der Waals surface area contributed by atoms with Crippen molar-refractivity contribution in [1.82, 2.24) is 10.2 Å². The first kappa shape index (κ1) is 11.3. The van der Waals surface area contributed by atoms with E-state index in [4.69, 9.17) is 4.42 Å². The molecule has 1 aromatic rings. The van der Waals surface area contributed by atoms with Gasteiger partial charge in [-0.2, -0.15) is 0 Å². The molecule has 2 saturated heterocycles. The molecule has 2 atom stereocenters. The van der Waals surface area contributed by atoms with Crippen molar-refractivity contribution in [3.8, 4) is 0 Å². The molecule has 3 rings (SSSR count). The lowest BCUT2D eigenvalue weighted by molar-refractivity contribution is 0.0507. The standard InChI is InChI=1S/C12H15BrN2O2/c13-11-2-1-10(17-11)12(16)15-6-8-3-9(7-15)5-14-4-8/h1-2,8-9,14H,3-7H2/t8-,9+. The maximum absolute atomic E-state index is 12.2. The molecule has 0 aliphatic carbocycles. The van der Waals surface area contributed by atoms with Crippen LogP contribution in [0, 0.1) is 11.8 Å². The van der Waals surface area contributed by atoms with Crippen molar-refractivity contribution in [2.24, 2.45) is 11.8 Å². The molecule has 3 heterocycles. The number of fused-ring (bicyclic) bond motifs is 2. The summed E-state index contributed by atoms with van der Waals surface area (Å²) in [6, 6.07) is 3.49. The number of carbonyl (C=O) groups excluding carboxylic acids is 1. The van der Waals surface area contributed by atoms with E-state index in [0.29, 0.717) is 22.3 Å². The van der Waals surface area contributed by atoms with E-state index in [1.165, 1.54) is 6.42 Å². The molecule has 1 aromatic heterocycles. The van der Waals surface area contributed by atoms with E-state index >= 15 is 0 Å². The lowest BCUT2D eigenvalue weighted by atomic mass is 9.86. The third-order valence-corrected chi connectivity index (χ3v) is 3.99. The molecule has 17 heavy (non-hydrogen) atoms. The van der Waals surface area contributed by atoms with Gasteiger partial charge in [0.1, 0.15) is 0 Å². The maximum atomic E-state index is 12.2. The average molecular weight is 299 g/mol. The highest BCUT2D eigenvalue weighted by Gasteiger charge is 2.33. The van der Waals surface area contributed by atoms with Crippen LogP contribution in [-0.4, -0.2) is 37.0 Å². The second kappa shape index (κ2) is 4.46. The molecule has 0 aromatic carbocycles. The smallest absolute Gasteiger partial charge is 0.289 e. The third kappa shape index (κ3) is 2.26. The SMILES string of the molecule is O=C(c1ccc(Br)o1)N1C[C@@H]2CNC[C@@H](C2)C1. The molecule has 5 heteroatoms. The molecule has 1 amide bonds. The highest BCUT2D eigenvalue weighted by molar-refractivity contribution is 9.10. The number of hydrogen-bond acceptors (Lipinski definition) is 3. The summed E-state index contributed by atoms with van der Waals surface area (Å²) in [5.74, 6) is 1.66. The maximum Gasteiger partial charge on any atom is 0.289 e. The predicted molar refractivity (Wildman–Crippen MR) is 66.8 cm³/mol. The van der Waals surface area contributed by atoms with E-state index in [1.807, 2.05) is 4.90 Å². The van der Waals surface area contributed by atoms with Gasteiger partial charge in [-0.3, -0.25) is 4.79 Å². The summed E-state index contributed by atoms with van der Waals surface area (Å²) in [6.45, 7) is 3.76. The van der Waals surface area contributed by atoms with E-state index in [1.54, 1.807) is 12.1 Å². The molecule has 2 bridgehead atoms. The van der Waals surface area contributed by atoms with Gasteiger partial charge < -0.3 is 14.6 Å². The lowest BCUT2D eigenvalue weighted by Crippen LogP contribution is -2.52. The summed E-state index contributed by atoms with van der Waals surface area (Å²) in [5, 5.41) is 3.42. The Hall–Kier alpha value is -0.810. The van der Waals surface area contributed by atoms with Crippen LogP contribution < -0.4 is 5.32 Å². The molecule has 0 saturated carbocycles. The lowest BCUT2D eigenvalue weighted by Gasteiger charge is -2.41. The molecule has 0 radical (unpaired) electrons. The van der Waals surface area contributed by atoms with Gasteiger partial charge in [-0.15, -0.1) is 0 Å². The van der Waals surface area contributed by atoms with Gasteiger partial charge in [-0.25, -0.2) is 0 Å². The number of amides is 1. The van der Waals surface area contributed by atoms with Crippen LogP contribution in [0.4, 0.5) is 0 Å². The minimum Gasteiger partial charge on any atom is -0.444 e. The summed E-state index contributed by atoms with van der Waals surface area (Å²) >= 11 is 3.23. The fourth-order valence-corrected chi connectivity index (χ4v) is 3.16. The number of halogens is 1. The van der Waals surface area contributed by atoms with Gasteiger partial charge in [-0.05, 0) is 59.4 Å². The van der Waals surface area contributed by atoms with Crippen LogP contribution in [0.2, 0.25) is 0 Å². The van der Waals surface area contributed by atoms with Crippen molar-refractivity contribution >= 4 is 21.8 Å². The molecular formula is C12H15BrN2O2. The number of piperidine rings is 2. The van der Waals surface area contributed by atoms with Crippen molar-refractivity contribution in [2.45, 2.75) is 6.42 Å². The van der Waals surface area contributed by atoms with Gasteiger partial charge in [0.2, 0.25) is 0 Å². The second-order valence-electron chi connectivity index (χ2n) is 4.94. The largest absolute Gasteiger partial charge is 0.444 e. The Labute approximate surface area is 108 Å². The van der Waals surface area contributed by atoms with E-state index in [0.717, 1.165) is 26.2 Å². The Kier molecular flexibility index (Phi) is 2.96. The monoisotopic (exact) mass is 298 g/mol. The van der Waals surface area contributed by atoms with Crippen molar-refractivity contribution in [1.29, 1.82) is 0 Å². The molecule has 4 nitrogen and oxygen atoms in total. The van der Waals surface area contributed by atoms with Gasteiger partial charge in [0, 0.05) is 13.1 Å². The molecule has 2 aliphatic heterocycles. The Balaban J connectivity index is 1.74. The number of carbonyl (C=O) groups is 1. The minimum atomic E-state index is 0.0206. The zero-order chi connectivity index (χ0) is 11.8. The van der Waals surface area contributed by atoms with E-state index < -0.39 is 0 Å². The van der Waals surface area contributed by atoms with Gasteiger partial charge in [0.15, 0.2) is 10.4 Å². The number of nitrogens with one attached hydrogen (secondary N) is 1. The predicted octanol–water partition coefficient (Wildman–Crippen LogP) is 1.72. The molecule has 1 N–H and O–H groups in total. The second-order valence-corrected chi connectivity index (χ2v) is 5.72. The summed E-state index contributed by atoms with van der Waals surface area (Å²) in [7, 11) is 0. The van der Waals surface area contributed by atoms with E-state index in [-0.39, 0.29) is 5.91 Å². The Morgan fingerprint density at radius 2 is 2.06 bits per heavy atom. The Morgan fingerprint density at radius 3 is 2.65 bits per heavy atom. The number of rotatable bonds is 1. The number of hydrogen-bond donors (Lipinski definition) is 1. The van der Waals surface area contributed by atoms with Crippen LogP contribution in [-0.2, 0) is 0 Å². The molecule has 92 valence electrons. The summed E-state index contributed by atoms with van der Waals surface area (Å²) in [5.41, 5.74) is 0. The molecule has 2 fully saturated rings. The first-order valence-electron chi connectivity index (χ1n) is 5.97. The zero-order valence-electron chi connectivity index (χ0n) is 9.49. The summed E-state index contributed by atoms with van der Waals surface area (Å²) in [6.07, 6.45) is 1.25. The van der Waals surface area contributed by atoms with Gasteiger partial charge in [0.25, 0.3) is 5.91 Å². The highest BCUT2D eigenvalue weighted by Crippen LogP contribution is 2.26. The van der Waals surface area contributed by atoms with Crippen molar-refractivity contribution in [3.63, 3.8) is 0 Å². The van der Waals surface area contributed by atoms with E-state index in [9.17, 15) is 4.79 Å². The van der Waals surface area contributed by atoms with Crippen LogP contribution in [0.3, 0.4) is 0 Å². The van der Waals surface area contributed by atoms with Gasteiger partial charge >= 0.3 is 0 Å². The third-order valence-electron chi connectivity index (χ3n) is 3.56. The molecular weight excluding hydrogens is 284 g/mol. The normalized spacial score (nSPS) is 28.2. The van der Waals surface area contributed by atoms with E-state index in [2.05, 4.69) is 21.2 Å². The molecule has 0 unspecified atom stereocenters. The Morgan fingerprint density at radius 1 is 1.35 bits per heavy atom. The molecule has 0 spiro atoms. The summed E-state index contributed by atoms with van der Waals surface area (Å²) < 4.78 is 5.94. The fourth-order valence-electron chi connectivity index (χ4n) is 2.86. The number of nitrogens with zero attached hydrogens (tertiary/aromatic N) is 1. The first-order valence-corrected chi connectivity index (χ1v) is 6.77. The van der Waals surface area contributed by atoms with Crippen LogP contribution >= 0.6 is 15.9 Å². The fraction of sp³-hybridized carbons (Fsp3) is 0.583. The Bertz CT molecular complexity index is 420. The van der Waals surface area contributed by atoms with Crippen molar-refractivity contribution in [3.05, 3.63) is 22.6 Å². The topological polar surface area (TPSA) is 45.5 Å². The molecule has 2 aliphatic rings. The highest BCUT2D eigenvalue weighted by atomic mass is 79.9. The van der Waals surface area contributed by atoms with Crippen LogP contribution in [0.5, 0.6) is 0 Å². The number of furan rings is 1. The average Bonchev–Trinajstić information content (AvgIpc) is 2.74. The van der Waals surface area contributed by atoms with Crippen molar-refractivity contribution < 1.29 is 9.21 Å². The minimum absolute atomic E-state index is 0.0206.